The van der Waals surface area contributed by atoms with E-state index in [4.69, 9.17) is 9.15 Å². The first kappa shape index (κ1) is 17.2. The molecule has 20 heavy (non-hydrogen) atoms. The average molecular weight is 304 g/mol. The molecule has 0 atom stereocenters. The highest BCUT2D eigenvalue weighted by Crippen LogP contribution is 2.18. The molecule has 1 aromatic heterocycles. The molecule has 6 nitrogen and oxygen atoms in total. The van der Waals surface area contributed by atoms with Gasteiger partial charge >= 0.3 is 0 Å². The van der Waals surface area contributed by atoms with Crippen LogP contribution in [-0.2, 0) is 21.3 Å². The molecule has 0 unspecified atom stereocenters. The molecule has 1 rings (SSSR count). The quantitative estimate of drug-likeness (QED) is 0.747. The van der Waals surface area contributed by atoms with Gasteiger partial charge in [0.15, 0.2) is 0 Å². The lowest BCUT2D eigenvalue weighted by molar-refractivity contribution is 0.179. The second kappa shape index (κ2) is 7.78. The lowest BCUT2D eigenvalue weighted by Crippen LogP contribution is -2.33. The number of ether oxygens (including phenoxy) is 1. The molecule has 0 radical (unpaired) electrons. The van der Waals surface area contributed by atoms with Gasteiger partial charge in [-0.05, 0) is 12.1 Å². The van der Waals surface area contributed by atoms with Crippen LogP contribution in [-0.4, -0.2) is 45.6 Å². The van der Waals surface area contributed by atoms with Crippen LogP contribution in [0, 0.1) is 0 Å². The zero-order valence-corrected chi connectivity index (χ0v) is 13.4. The molecule has 0 amide bonds. The third kappa shape index (κ3) is 4.59. The molecule has 0 saturated heterocycles. The highest BCUT2D eigenvalue weighted by atomic mass is 32.2. The maximum Gasteiger partial charge on any atom is 0.276 e. The van der Waals surface area contributed by atoms with Gasteiger partial charge in [0.2, 0.25) is 5.09 Å². The molecule has 0 aliphatic rings. The van der Waals surface area contributed by atoms with Gasteiger partial charge in [-0.2, -0.15) is 4.31 Å². The second-order valence-electron chi connectivity index (χ2n) is 4.75. The average Bonchev–Trinajstić information content (AvgIpc) is 2.86. The number of furan rings is 1. The minimum absolute atomic E-state index is 0.0176. The van der Waals surface area contributed by atoms with Crippen molar-refractivity contribution in [3.05, 3.63) is 17.9 Å². The summed E-state index contributed by atoms with van der Waals surface area (Å²) in [5.41, 5.74) is 0. The Balaban J connectivity index is 2.81. The number of likely N-dealkylation sites (N-methyl/N-ethyl adjacent to an activating group) is 1. The summed E-state index contributed by atoms with van der Waals surface area (Å²) < 4.78 is 36.5. The Hall–Kier alpha value is -0.890. The maximum atomic E-state index is 12.4. The smallest absolute Gasteiger partial charge is 0.276 e. The van der Waals surface area contributed by atoms with Crippen LogP contribution >= 0.6 is 0 Å². The SMILES string of the molecule is CCN(CCOC)S(=O)(=O)c1ccc(CNC(C)C)o1. The molecule has 0 aromatic carbocycles. The Morgan fingerprint density at radius 2 is 2.10 bits per heavy atom. The molecule has 0 aliphatic heterocycles. The van der Waals surface area contributed by atoms with E-state index in [1.807, 2.05) is 13.8 Å². The van der Waals surface area contributed by atoms with Crippen molar-refractivity contribution in [3.8, 4) is 0 Å². The van der Waals surface area contributed by atoms with E-state index in [-0.39, 0.29) is 5.09 Å². The molecule has 0 bridgehead atoms. The van der Waals surface area contributed by atoms with E-state index in [0.717, 1.165) is 0 Å². The monoisotopic (exact) mass is 304 g/mol. The third-order valence-corrected chi connectivity index (χ3v) is 4.66. The van der Waals surface area contributed by atoms with Crippen LogP contribution in [0.1, 0.15) is 26.5 Å². The lowest BCUT2D eigenvalue weighted by Gasteiger charge is -2.18. The van der Waals surface area contributed by atoms with E-state index in [2.05, 4.69) is 5.32 Å². The fourth-order valence-corrected chi connectivity index (χ4v) is 3.03. The Morgan fingerprint density at radius 1 is 1.40 bits per heavy atom. The van der Waals surface area contributed by atoms with Gasteiger partial charge in [-0.3, -0.25) is 0 Å². The van der Waals surface area contributed by atoms with Gasteiger partial charge in [-0.15, -0.1) is 0 Å². The second-order valence-corrected chi connectivity index (χ2v) is 6.61. The summed E-state index contributed by atoms with van der Waals surface area (Å²) in [6.45, 7) is 7.39. The Labute approximate surface area is 121 Å². The van der Waals surface area contributed by atoms with E-state index in [0.29, 0.717) is 38.0 Å². The van der Waals surface area contributed by atoms with Crippen molar-refractivity contribution in [1.29, 1.82) is 0 Å². The summed E-state index contributed by atoms with van der Waals surface area (Å²) in [7, 11) is -2.04. The number of hydrogen-bond acceptors (Lipinski definition) is 5. The van der Waals surface area contributed by atoms with Crippen LogP contribution in [0.4, 0.5) is 0 Å². The van der Waals surface area contributed by atoms with Crippen molar-refractivity contribution in [2.24, 2.45) is 0 Å². The van der Waals surface area contributed by atoms with Crippen LogP contribution in [0.15, 0.2) is 21.6 Å². The van der Waals surface area contributed by atoms with Crippen molar-refractivity contribution in [1.82, 2.24) is 9.62 Å². The van der Waals surface area contributed by atoms with Gasteiger partial charge in [0.1, 0.15) is 5.76 Å². The molecule has 1 heterocycles. The van der Waals surface area contributed by atoms with Gasteiger partial charge < -0.3 is 14.5 Å². The largest absolute Gasteiger partial charge is 0.447 e. The zero-order chi connectivity index (χ0) is 15.2. The zero-order valence-electron chi connectivity index (χ0n) is 12.5. The van der Waals surface area contributed by atoms with Crippen LogP contribution in [0.2, 0.25) is 0 Å². The van der Waals surface area contributed by atoms with Gasteiger partial charge in [-0.1, -0.05) is 20.8 Å². The van der Waals surface area contributed by atoms with Gasteiger partial charge in [0.05, 0.1) is 13.2 Å². The van der Waals surface area contributed by atoms with Crippen molar-refractivity contribution in [2.75, 3.05) is 26.8 Å². The Kier molecular flexibility index (Phi) is 6.67. The maximum absolute atomic E-state index is 12.4. The van der Waals surface area contributed by atoms with Crippen molar-refractivity contribution >= 4 is 10.0 Å². The van der Waals surface area contributed by atoms with E-state index < -0.39 is 10.0 Å². The predicted octanol–water partition coefficient (Wildman–Crippen LogP) is 1.43. The minimum atomic E-state index is -3.58. The summed E-state index contributed by atoms with van der Waals surface area (Å²) in [5.74, 6) is 0.611. The first-order chi connectivity index (χ1) is 9.41. The number of nitrogens with one attached hydrogen (secondary N) is 1. The Bertz CT molecular complexity index is 496. The van der Waals surface area contributed by atoms with Crippen LogP contribution < -0.4 is 5.32 Å². The normalized spacial score (nSPS) is 12.5. The van der Waals surface area contributed by atoms with Crippen LogP contribution in [0.3, 0.4) is 0 Å². The fraction of sp³-hybridized carbons (Fsp3) is 0.692. The molecular formula is C13H24N2O4S. The summed E-state index contributed by atoms with van der Waals surface area (Å²) in [6.07, 6.45) is 0. The number of sulfonamides is 1. The Morgan fingerprint density at radius 3 is 2.65 bits per heavy atom. The summed E-state index contributed by atoms with van der Waals surface area (Å²) >= 11 is 0. The number of rotatable bonds is 9. The molecule has 0 fully saturated rings. The molecule has 0 saturated carbocycles. The van der Waals surface area contributed by atoms with E-state index in [9.17, 15) is 8.42 Å². The molecule has 1 aromatic rings. The number of hydrogen-bond donors (Lipinski definition) is 1. The van der Waals surface area contributed by atoms with Crippen molar-refractivity contribution in [3.63, 3.8) is 0 Å². The van der Waals surface area contributed by atoms with Gasteiger partial charge in [-0.25, -0.2) is 8.42 Å². The van der Waals surface area contributed by atoms with E-state index in [1.54, 1.807) is 20.1 Å². The third-order valence-electron chi connectivity index (χ3n) is 2.81. The summed E-state index contributed by atoms with van der Waals surface area (Å²) in [6, 6.07) is 3.50. The number of methoxy groups -OCH3 is 1. The van der Waals surface area contributed by atoms with E-state index in [1.165, 1.54) is 10.4 Å². The first-order valence-electron chi connectivity index (χ1n) is 6.73. The molecule has 116 valence electrons. The molecular weight excluding hydrogens is 280 g/mol. The lowest BCUT2D eigenvalue weighted by atomic mass is 10.3. The molecule has 0 spiro atoms. The minimum Gasteiger partial charge on any atom is -0.447 e. The van der Waals surface area contributed by atoms with E-state index >= 15 is 0 Å². The predicted molar refractivity (Wildman–Crippen MR) is 77.0 cm³/mol. The fourth-order valence-electron chi connectivity index (χ4n) is 1.67. The summed E-state index contributed by atoms with van der Waals surface area (Å²) in [4.78, 5) is 0. The summed E-state index contributed by atoms with van der Waals surface area (Å²) in [5, 5.41) is 3.16. The molecule has 7 heteroatoms. The van der Waals surface area contributed by atoms with Crippen molar-refractivity contribution in [2.45, 2.75) is 38.5 Å². The number of nitrogens with zero attached hydrogens (tertiary/aromatic N) is 1. The van der Waals surface area contributed by atoms with Gasteiger partial charge in [0.25, 0.3) is 10.0 Å². The molecule has 1 N–H and O–H groups in total. The highest BCUT2D eigenvalue weighted by molar-refractivity contribution is 7.89. The first-order valence-corrected chi connectivity index (χ1v) is 8.17. The topological polar surface area (TPSA) is 71.8 Å². The van der Waals surface area contributed by atoms with Gasteiger partial charge in [0, 0.05) is 26.2 Å². The van der Waals surface area contributed by atoms with Crippen LogP contribution in [0.5, 0.6) is 0 Å². The standard InChI is InChI=1S/C13H24N2O4S/c1-5-15(8-9-18-4)20(16,17)13-7-6-12(19-13)10-14-11(2)3/h6-7,11,14H,5,8-10H2,1-4H3. The van der Waals surface area contributed by atoms with Crippen LogP contribution in [0.25, 0.3) is 0 Å². The van der Waals surface area contributed by atoms with Crippen molar-refractivity contribution < 1.29 is 17.6 Å². The molecule has 0 aliphatic carbocycles. The highest BCUT2D eigenvalue weighted by Gasteiger charge is 2.26.